The number of sulfonamides is 1. The molecule has 2 rings (SSSR count). The molecule has 0 heterocycles. The maximum absolute atomic E-state index is 12.5. The molecule has 0 saturated carbocycles. The average molecular weight is 389 g/mol. The lowest BCUT2D eigenvalue weighted by atomic mass is 10.1. The van der Waals surface area contributed by atoms with E-state index in [-0.39, 0.29) is 10.9 Å². The fourth-order valence-corrected chi connectivity index (χ4v) is 3.76. The van der Waals surface area contributed by atoms with Crippen molar-refractivity contribution in [3.05, 3.63) is 59.2 Å². The Morgan fingerprint density at radius 3 is 2.30 bits per heavy atom. The molecule has 146 valence electrons. The maximum Gasteiger partial charge on any atom is 0.243 e. The fraction of sp³-hybridized carbons (Fsp3) is 0.350. The van der Waals surface area contributed by atoms with Crippen LogP contribution in [0, 0.1) is 13.8 Å². The highest BCUT2D eigenvalue weighted by Gasteiger charge is 2.22. The molecule has 0 unspecified atom stereocenters. The fourth-order valence-electron chi connectivity index (χ4n) is 2.39. The number of nitrogens with zero attached hydrogens (tertiary/aromatic N) is 2. The van der Waals surface area contributed by atoms with Gasteiger partial charge in [0.1, 0.15) is 0 Å². The average Bonchev–Trinajstić information content (AvgIpc) is 2.62. The predicted molar refractivity (Wildman–Crippen MR) is 111 cm³/mol. The summed E-state index contributed by atoms with van der Waals surface area (Å²) in [6.07, 6.45) is 0. The van der Waals surface area contributed by atoms with Crippen LogP contribution in [0.2, 0.25) is 0 Å². The van der Waals surface area contributed by atoms with Crippen LogP contribution in [-0.2, 0) is 16.6 Å². The molecule has 0 bridgehead atoms. The Kier molecular flexibility index (Phi) is 6.62. The van der Waals surface area contributed by atoms with Gasteiger partial charge in [-0.2, -0.15) is 4.31 Å². The number of nitrogens with two attached hydrogens (primary N) is 1. The summed E-state index contributed by atoms with van der Waals surface area (Å²) in [5.41, 5.74) is 10.1. The largest absolute Gasteiger partial charge is 0.370 e. The van der Waals surface area contributed by atoms with Gasteiger partial charge >= 0.3 is 0 Å². The van der Waals surface area contributed by atoms with Gasteiger partial charge in [-0.25, -0.2) is 13.4 Å². The zero-order valence-corrected chi connectivity index (χ0v) is 17.3. The van der Waals surface area contributed by atoms with Gasteiger partial charge in [0.05, 0.1) is 11.4 Å². The Hall–Kier alpha value is -2.38. The molecule has 0 aromatic heterocycles. The van der Waals surface area contributed by atoms with Gasteiger partial charge < -0.3 is 11.1 Å². The summed E-state index contributed by atoms with van der Waals surface area (Å²) >= 11 is 0. The highest BCUT2D eigenvalue weighted by molar-refractivity contribution is 7.89. The number of rotatable bonds is 6. The van der Waals surface area contributed by atoms with Crippen LogP contribution in [-0.4, -0.2) is 31.8 Å². The first-order chi connectivity index (χ1) is 12.6. The van der Waals surface area contributed by atoms with Gasteiger partial charge in [0, 0.05) is 18.8 Å². The van der Waals surface area contributed by atoms with Crippen LogP contribution in [0.1, 0.15) is 30.5 Å². The minimum atomic E-state index is -3.47. The minimum absolute atomic E-state index is 0.101. The summed E-state index contributed by atoms with van der Waals surface area (Å²) in [4.78, 5) is 4.59. The third-order valence-corrected chi connectivity index (χ3v) is 6.59. The van der Waals surface area contributed by atoms with Gasteiger partial charge in [0.2, 0.25) is 10.0 Å². The van der Waals surface area contributed by atoms with Gasteiger partial charge in [0.25, 0.3) is 0 Å². The molecule has 7 heteroatoms. The van der Waals surface area contributed by atoms with Gasteiger partial charge in [-0.1, -0.05) is 18.2 Å². The quantitative estimate of drug-likeness (QED) is 0.587. The van der Waals surface area contributed by atoms with E-state index in [2.05, 4.69) is 17.2 Å². The number of guanidine groups is 1. The molecule has 6 nitrogen and oxygen atoms in total. The van der Waals surface area contributed by atoms with Crippen LogP contribution in [0.4, 0.5) is 5.69 Å². The minimum Gasteiger partial charge on any atom is -0.370 e. The van der Waals surface area contributed by atoms with Crippen LogP contribution in [0.3, 0.4) is 0 Å². The zero-order valence-electron chi connectivity index (χ0n) is 16.5. The van der Waals surface area contributed by atoms with Gasteiger partial charge in [-0.05, 0) is 68.7 Å². The van der Waals surface area contributed by atoms with Crippen molar-refractivity contribution in [2.45, 2.75) is 45.2 Å². The van der Waals surface area contributed by atoms with Gasteiger partial charge in [0.15, 0.2) is 5.96 Å². The molecule has 2 aromatic carbocycles. The number of aliphatic imine (C=N–C) groups is 1. The monoisotopic (exact) mass is 388 g/mol. The second-order valence-electron chi connectivity index (χ2n) is 6.88. The van der Waals surface area contributed by atoms with Crippen molar-refractivity contribution < 1.29 is 8.42 Å². The van der Waals surface area contributed by atoms with E-state index in [4.69, 9.17) is 5.73 Å². The van der Waals surface area contributed by atoms with E-state index in [0.717, 1.165) is 11.3 Å². The molecule has 0 fully saturated rings. The van der Waals surface area contributed by atoms with Crippen molar-refractivity contribution in [3.8, 4) is 0 Å². The third-order valence-electron chi connectivity index (χ3n) is 4.54. The molecule has 0 aliphatic rings. The number of hydrogen-bond acceptors (Lipinski definition) is 3. The number of benzene rings is 2. The number of nitrogens with one attached hydrogen (secondary N) is 1. The summed E-state index contributed by atoms with van der Waals surface area (Å²) in [6, 6.07) is 12.6. The van der Waals surface area contributed by atoms with E-state index in [1.165, 1.54) is 15.4 Å². The van der Waals surface area contributed by atoms with Gasteiger partial charge in [-0.3, -0.25) is 0 Å². The lowest BCUT2D eigenvalue weighted by molar-refractivity contribution is 0.410. The van der Waals surface area contributed by atoms with Crippen molar-refractivity contribution in [1.29, 1.82) is 0 Å². The Balaban J connectivity index is 2.05. The van der Waals surface area contributed by atoms with E-state index in [9.17, 15) is 8.42 Å². The van der Waals surface area contributed by atoms with E-state index in [1.54, 1.807) is 31.3 Å². The third kappa shape index (κ3) is 5.30. The molecule has 2 aromatic rings. The highest BCUT2D eigenvalue weighted by atomic mass is 32.2. The molecule has 27 heavy (non-hydrogen) atoms. The second kappa shape index (κ2) is 8.54. The summed E-state index contributed by atoms with van der Waals surface area (Å²) in [5.74, 6) is 0.314. The molecule has 0 spiro atoms. The Morgan fingerprint density at radius 1 is 1.11 bits per heavy atom. The van der Waals surface area contributed by atoms with E-state index in [1.807, 2.05) is 39.0 Å². The van der Waals surface area contributed by atoms with Crippen LogP contribution < -0.4 is 11.1 Å². The second-order valence-corrected chi connectivity index (χ2v) is 8.88. The number of hydrogen-bond donors (Lipinski definition) is 2. The molecule has 0 amide bonds. The van der Waals surface area contributed by atoms with Crippen LogP contribution >= 0.6 is 0 Å². The highest BCUT2D eigenvalue weighted by Crippen LogP contribution is 2.18. The Bertz CT molecular complexity index is 919. The summed E-state index contributed by atoms with van der Waals surface area (Å²) in [5, 5.41) is 3.07. The molecular formula is C20H28N4O2S. The summed E-state index contributed by atoms with van der Waals surface area (Å²) < 4.78 is 26.3. The standard InChI is InChI=1S/C20H28N4O2S/c1-14(2)24(5)27(25,26)19-10-7-17(8-11-19)13-22-20(21)23-18-9-6-15(3)16(4)12-18/h6-12,14H,13H2,1-5H3,(H3,21,22,23). The molecular weight excluding hydrogens is 360 g/mol. The molecule has 0 saturated heterocycles. The maximum atomic E-state index is 12.5. The Morgan fingerprint density at radius 2 is 1.74 bits per heavy atom. The summed E-state index contributed by atoms with van der Waals surface area (Å²) in [6.45, 7) is 8.14. The summed E-state index contributed by atoms with van der Waals surface area (Å²) in [7, 11) is -1.89. The predicted octanol–water partition coefficient (Wildman–Crippen LogP) is 3.26. The zero-order chi connectivity index (χ0) is 20.2. The first-order valence-corrected chi connectivity index (χ1v) is 10.3. The van der Waals surface area contributed by atoms with Crippen molar-refractivity contribution in [2.24, 2.45) is 10.7 Å². The molecule has 3 N–H and O–H groups in total. The first-order valence-electron chi connectivity index (χ1n) is 8.82. The molecule has 0 radical (unpaired) electrons. The van der Waals surface area contributed by atoms with E-state index < -0.39 is 10.0 Å². The molecule has 0 atom stereocenters. The number of anilines is 1. The van der Waals surface area contributed by atoms with Crippen molar-refractivity contribution >= 4 is 21.7 Å². The van der Waals surface area contributed by atoms with Crippen LogP contribution in [0.15, 0.2) is 52.4 Å². The number of aryl methyl sites for hydroxylation is 2. The van der Waals surface area contributed by atoms with Gasteiger partial charge in [-0.15, -0.1) is 0 Å². The Labute approximate surface area is 162 Å². The smallest absolute Gasteiger partial charge is 0.243 e. The SMILES string of the molecule is Cc1ccc(NC(N)=NCc2ccc(S(=O)(=O)N(C)C(C)C)cc2)cc1C. The van der Waals surface area contributed by atoms with E-state index in [0.29, 0.717) is 12.5 Å². The van der Waals surface area contributed by atoms with Crippen molar-refractivity contribution in [3.63, 3.8) is 0 Å². The molecule has 0 aliphatic carbocycles. The van der Waals surface area contributed by atoms with Crippen LogP contribution in [0.5, 0.6) is 0 Å². The van der Waals surface area contributed by atoms with Crippen LogP contribution in [0.25, 0.3) is 0 Å². The first kappa shape index (κ1) is 20.9. The molecule has 0 aliphatic heterocycles. The van der Waals surface area contributed by atoms with Crippen molar-refractivity contribution in [1.82, 2.24) is 4.31 Å². The lowest BCUT2D eigenvalue weighted by Crippen LogP contribution is -2.33. The van der Waals surface area contributed by atoms with Crippen molar-refractivity contribution in [2.75, 3.05) is 12.4 Å². The topological polar surface area (TPSA) is 87.8 Å². The lowest BCUT2D eigenvalue weighted by Gasteiger charge is -2.21. The normalized spacial score (nSPS) is 12.6. The van der Waals surface area contributed by atoms with E-state index >= 15 is 0 Å².